The van der Waals surface area contributed by atoms with Gasteiger partial charge in [0.05, 0.1) is 12.5 Å². The Kier molecular flexibility index (Phi) is 4.25. The van der Waals surface area contributed by atoms with Gasteiger partial charge in [-0.05, 0) is 31.0 Å². The van der Waals surface area contributed by atoms with Gasteiger partial charge in [-0.3, -0.25) is 4.79 Å². The second-order valence-electron chi connectivity index (χ2n) is 4.63. The lowest BCUT2D eigenvalue weighted by molar-refractivity contribution is -0.147. The average molecular weight is 268 g/mol. The predicted molar refractivity (Wildman–Crippen MR) is 71.9 cm³/mol. The van der Waals surface area contributed by atoms with E-state index in [9.17, 15) is 4.79 Å². The molecule has 1 aromatic carbocycles. The normalized spacial score (nSPS) is 23.1. The van der Waals surface area contributed by atoms with Crippen LogP contribution in [0.5, 0.6) is 0 Å². The lowest BCUT2D eigenvalue weighted by Gasteiger charge is -2.18. The van der Waals surface area contributed by atoms with Crippen molar-refractivity contribution in [3.63, 3.8) is 0 Å². The quantitative estimate of drug-likeness (QED) is 0.856. The van der Waals surface area contributed by atoms with E-state index in [2.05, 4.69) is 11.4 Å². The zero-order valence-corrected chi connectivity index (χ0v) is 11.5. The molecule has 1 saturated heterocycles. The second kappa shape index (κ2) is 5.72. The van der Waals surface area contributed by atoms with Gasteiger partial charge in [0.2, 0.25) is 0 Å². The maximum atomic E-state index is 11.9. The molecule has 0 saturated carbocycles. The fourth-order valence-electron chi connectivity index (χ4n) is 2.42. The molecule has 4 heteroatoms. The zero-order chi connectivity index (χ0) is 13.1. The van der Waals surface area contributed by atoms with Crippen molar-refractivity contribution in [1.82, 2.24) is 5.32 Å². The third kappa shape index (κ3) is 2.68. The van der Waals surface area contributed by atoms with Crippen molar-refractivity contribution in [2.45, 2.75) is 19.8 Å². The van der Waals surface area contributed by atoms with Crippen LogP contribution in [0.2, 0.25) is 5.02 Å². The maximum Gasteiger partial charge on any atom is 0.310 e. The third-order valence-corrected chi connectivity index (χ3v) is 3.84. The van der Waals surface area contributed by atoms with Crippen LogP contribution in [-0.4, -0.2) is 25.7 Å². The predicted octanol–water partition coefficient (Wildman–Crippen LogP) is 2.51. The Morgan fingerprint density at radius 1 is 1.50 bits per heavy atom. The topological polar surface area (TPSA) is 38.3 Å². The van der Waals surface area contributed by atoms with E-state index in [0.717, 1.165) is 22.7 Å². The van der Waals surface area contributed by atoms with Crippen LogP contribution >= 0.6 is 11.6 Å². The van der Waals surface area contributed by atoms with Crippen molar-refractivity contribution in [2.75, 3.05) is 19.7 Å². The fraction of sp³-hybridized carbons (Fsp3) is 0.500. The largest absolute Gasteiger partial charge is 0.466 e. The molecule has 1 aliphatic rings. The van der Waals surface area contributed by atoms with E-state index >= 15 is 0 Å². The SMILES string of the molecule is CCOC(=O)C1CNCC1c1ccc(Cl)c(C)c1. The van der Waals surface area contributed by atoms with Crippen LogP contribution in [0.1, 0.15) is 24.0 Å². The van der Waals surface area contributed by atoms with Gasteiger partial charge in [-0.1, -0.05) is 23.7 Å². The van der Waals surface area contributed by atoms with Gasteiger partial charge in [0.1, 0.15) is 0 Å². The van der Waals surface area contributed by atoms with Crippen molar-refractivity contribution >= 4 is 17.6 Å². The van der Waals surface area contributed by atoms with Crippen LogP contribution in [0.15, 0.2) is 18.2 Å². The van der Waals surface area contributed by atoms with Crippen molar-refractivity contribution in [3.05, 3.63) is 34.3 Å². The molecule has 0 radical (unpaired) electrons. The molecule has 2 unspecified atom stereocenters. The molecule has 1 fully saturated rings. The molecular formula is C14H18ClNO2. The summed E-state index contributed by atoms with van der Waals surface area (Å²) in [5, 5.41) is 4.02. The standard InChI is InChI=1S/C14H18ClNO2/c1-3-18-14(17)12-8-16-7-11(12)10-4-5-13(15)9(2)6-10/h4-6,11-12,16H,3,7-8H2,1-2H3. The minimum Gasteiger partial charge on any atom is -0.466 e. The van der Waals surface area contributed by atoms with E-state index in [1.165, 1.54) is 0 Å². The number of ether oxygens (including phenoxy) is 1. The van der Waals surface area contributed by atoms with Crippen LogP contribution in [0.3, 0.4) is 0 Å². The maximum absolute atomic E-state index is 11.9. The molecule has 18 heavy (non-hydrogen) atoms. The van der Waals surface area contributed by atoms with Crippen molar-refractivity contribution < 1.29 is 9.53 Å². The lowest BCUT2D eigenvalue weighted by atomic mass is 9.88. The molecule has 1 aliphatic heterocycles. The highest BCUT2D eigenvalue weighted by atomic mass is 35.5. The minimum absolute atomic E-state index is 0.0921. The average Bonchev–Trinajstić information content (AvgIpc) is 2.82. The van der Waals surface area contributed by atoms with Crippen LogP contribution in [0, 0.1) is 12.8 Å². The summed E-state index contributed by atoms with van der Waals surface area (Å²) in [5.41, 5.74) is 2.20. The molecule has 0 bridgehead atoms. The number of aryl methyl sites for hydroxylation is 1. The first-order valence-electron chi connectivity index (χ1n) is 6.27. The molecule has 1 N–H and O–H groups in total. The molecule has 0 spiro atoms. The summed E-state index contributed by atoms with van der Waals surface area (Å²) in [4.78, 5) is 11.9. The highest BCUT2D eigenvalue weighted by Crippen LogP contribution is 2.31. The number of carbonyl (C=O) groups is 1. The summed E-state index contributed by atoms with van der Waals surface area (Å²) in [6.45, 7) is 5.74. The molecule has 2 rings (SSSR count). The van der Waals surface area contributed by atoms with Crippen molar-refractivity contribution in [3.8, 4) is 0 Å². The summed E-state index contributed by atoms with van der Waals surface area (Å²) in [6, 6.07) is 5.96. The van der Waals surface area contributed by atoms with E-state index < -0.39 is 0 Å². The van der Waals surface area contributed by atoms with Crippen LogP contribution in [-0.2, 0) is 9.53 Å². The first-order valence-corrected chi connectivity index (χ1v) is 6.64. The van der Waals surface area contributed by atoms with E-state index in [1.807, 2.05) is 26.0 Å². The first-order chi connectivity index (χ1) is 8.63. The van der Waals surface area contributed by atoms with E-state index in [-0.39, 0.29) is 17.8 Å². The zero-order valence-electron chi connectivity index (χ0n) is 10.7. The lowest BCUT2D eigenvalue weighted by Crippen LogP contribution is -2.24. The smallest absolute Gasteiger partial charge is 0.310 e. The van der Waals surface area contributed by atoms with Gasteiger partial charge in [-0.15, -0.1) is 0 Å². The number of halogens is 1. The monoisotopic (exact) mass is 267 g/mol. The summed E-state index contributed by atoms with van der Waals surface area (Å²) in [5.74, 6) is -0.0226. The Morgan fingerprint density at radius 2 is 2.28 bits per heavy atom. The summed E-state index contributed by atoms with van der Waals surface area (Å²) in [6.07, 6.45) is 0. The van der Waals surface area contributed by atoms with Crippen LogP contribution in [0.4, 0.5) is 0 Å². The number of rotatable bonds is 3. The summed E-state index contributed by atoms with van der Waals surface area (Å²) in [7, 11) is 0. The molecule has 98 valence electrons. The van der Waals surface area contributed by atoms with Gasteiger partial charge in [0.25, 0.3) is 0 Å². The molecule has 0 amide bonds. The molecule has 1 aromatic rings. The number of carbonyl (C=O) groups excluding carboxylic acids is 1. The Balaban J connectivity index is 2.20. The number of hydrogen-bond donors (Lipinski definition) is 1. The second-order valence-corrected chi connectivity index (χ2v) is 5.04. The van der Waals surface area contributed by atoms with E-state index in [0.29, 0.717) is 13.2 Å². The van der Waals surface area contributed by atoms with Crippen molar-refractivity contribution in [1.29, 1.82) is 0 Å². The Hall–Kier alpha value is -1.06. The molecular weight excluding hydrogens is 250 g/mol. The summed E-state index contributed by atoms with van der Waals surface area (Å²) < 4.78 is 5.13. The fourth-order valence-corrected chi connectivity index (χ4v) is 2.54. The molecule has 0 aliphatic carbocycles. The van der Waals surface area contributed by atoms with Crippen LogP contribution in [0.25, 0.3) is 0 Å². The summed E-state index contributed by atoms with van der Waals surface area (Å²) >= 11 is 6.03. The number of hydrogen-bond acceptors (Lipinski definition) is 3. The van der Waals surface area contributed by atoms with Gasteiger partial charge in [-0.2, -0.15) is 0 Å². The Bertz CT molecular complexity index is 447. The van der Waals surface area contributed by atoms with E-state index in [1.54, 1.807) is 0 Å². The van der Waals surface area contributed by atoms with E-state index in [4.69, 9.17) is 16.3 Å². The Morgan fingerprint density at radius 3 is 2.94 bits per heavy atom. The van der Waals surface area contributed by atoms with Gasteiger partial charge < -0.3 is 10.1 Å². The van der Waals surface area contributed by atoms with Crippen LogP contribution < -0.4 is 5.32 Å². The van der Waals surface area contributed by atoms with Gasteiger partial charge in [0, 0.05) is 24.0 Å². The molecule has 3 nitrogen and oxygen atoms in total. The highest BCUT2D eigenvalue weighted by Gasteiger charge is 2.35. The minimum atomic E-state index is -0.111. The molecule has 2 atom stereocenters. The number of esters is 1. The molecule has 0 aromatic heterocycles. The highest BCUT2D eigenvalue weighted by molar-refractivity contribution is 6.31. The number of benzene rings is 1. The Labute approximate surface area is 112 Å². The van der Waals surface area contributed by atoms with Gasteiger partial charge >= 0.3 is 5.97 Å². The van der Waals surface area contributed by atoms with Gasteiger partial charge in [-0.25, -0.2) is 0 Å². The third-order valence-electron chi connectivity index (χ3n) is 3.41. The van der Waals surface area contributed by atoms with Crippen molar-refractivity contribution in [2.24, 2.45) is 5.92 Å². The van der Waals surface area contributed by atoms with Gasteiger partial charge in [0.15, 0.2) is 0 Å². The first kappa shape index (κ1) is 13.4. The molecule has 1 heterocycles. The number of nitrogens with one attached hydrogen (secondary N) is 1.